The molecule has 8 nitrogen and oxygen atoms in total. The zero-order chi connectivity index (χ0) is 28.1. The van der Waals surface area contributed by atoms with Gasteiger partial charge in [0.2, 0.25) is 17.6 Å². The zero-order valence-corrected chi connectivity index (χ0v) is 20.8. The Balaban J connectivity index is 1.45. The highest BCUT2D eigenvalue weighted by molar-refractivity contribution is 5.94. The number of hydrogen-bond donors (Lipinski definition) is 2. The summed E-state index contributed by atoms with van der Waals surface area (Å²) in [4.78, 5) is 42.1. The predicted octanol–water partition coefficient (Wildman–Crippen LogP) is 3.21. The van der Waals surface area contributed by atoms with Gasteiger partial charge in [0, 0.05) is 38.5 Å². The third-order valence-corrected chi connectivity index (χ3v) is 6.81. The number of piperidine rings is 1. The van der Waals surface area contributed by atoms with Crippen molar-refractivity contribution in [3.63, 3.8) is 0 Å². The number of rotatable bonds is 6. The molecule has 0 spiro atoms. The first-order valence-electron chi connectivity index (χ1n) is 12.5. The van der Waals surface area contributed by atoms with E-state index in [1.54, 1.807) is 40.5 Å². The number of morpholine rings is 1. The molecule has 2 aromatic rings. The average Bonchev–Trinajstić information content (AvgIpc) is 2.97. The molecule has 210 valence electrons. The molecule has 2 saturated heterocycles. The summed E-state index contributed by atoms with van der Waals surface area (Å²) >= 11 is 0. The van der Waals surface area contributed by atoms with E-state index in [0.717, 1.165) is 0 Å². The molecule has 0 bridgehead atoms. The molecule has 4 rings (SSSR count). The van der Waals surface area contributed by atoms with Crippen molar-refractivity contribution in [1.29, 1.82) is 0 Å². The normalized spacial score (nSPS) is 17.1. The molecule has 0 unspecified atom stereocenters. The van der Waals surface area contributed by atoms with Crippen molar-refractivity contribution in [2.75, 3.05) is 44.7 Å². The number of halogens is 5. The molecule has 39 heavy (non-hydrogen) atoms. The molecule has 2 heterocycles. The van der Waals surface area contributed by atoms with Gasteiger partial charge < -0.3 is 25.2 Å². The smallest absolute Gasteiger partial charge is 0.320 e. The molecule has 1 atom stereocenters. The minimum atomic E-state index is -2.36. The van der Waals surface area contributed by atoms with Crippen molar-refractivity contribution < 1.29 is 41.1 Å². The van der Waals surface area contributed by atoms with Crippen LogP contribution in [0.25, 0.3) is 0 Å². The maximum atomic E-state index is 14.1. The lowest BCUT2D eigenvalue weighted by atomic mass is 9.94. The third-order valence-electron chi connectivity index (χ3n) is 6.81. The van der Waals surface area contributed by atoms with Gasteiger partial charge in [-0.2, -0.15) is 0 Å². The summed E-state index contributed by atoms with van der Waals surface area (Å²) in [6.07, 6.45) is 0.824. The van der Waals surface area contributed by atoms with E-state index in [2.05, 4.69) is 5.32 Å². The monoisotopic (exact) mass is 554 g/mol. The van der Waals surface area contributed by atoms with E-state index in [0.29, 0.717) is 44.7 Å². The van der Waals surface area contributed by atoms with Gasteiger partial charge in [-0.25, -0.2) is 26.7 Å². The first-order valence-corrected chi connectivity index (χ1v) is 12.5. The van der Waals surface area contributed by atoms with Crippen LogP contribution in [0.5, 0.6) is 0 Å². The lowest BCUT2D eigenvalue weighted by Gasteiger charge is -2.36. The van der Waals surface area contributed by atoms with Crippen LogP contribution in [0.3, 0.4) is 0 Å². The molecular formula is C26H27F5N4O4. The lowest BCUT2D eigenvalue weighted by molar-refractivity contribution is -0.144. The number of urea groups is 1. The topological polar surface area (TPSA) is 91.0 Å². The van der Waals surface area contributed by atoms with Gasteiger partial charge >= 0.3 is 6.03 Å². The summed E-state index contributed by atoms with van der Waals surface area (Å²) in [7, 11) is 0. The molecule has 2 aromatic carbocycles. The number of nitrogens with zero attached hydrogens (tertiary/aromatic N) is 2. The van der Waals surface area contributed by atoms with Crippen molar-refractivity contribution in [3.8, 4) is 0 Å². The highest BCUT2D eigenvalue weighted by atomic mass is 19.2. The summed E-state index contributed by atoms with van der Waals surface area (Å²) in [5.74, 6) is -12.0. The van der Waals surface area contributed by atoms with E-state index in [9.17, 15) is 36.3 Å². The number of hydrogen-bond acceptors (Lipinski definition) is 4. The van der Waals surface area contributed by atoms with E-state index < -0.39 is 52.8 Å². The van der Waals surface area contributed by atoms with Crippen LogP contribution >= 0.6 is 0 Å². The second-order valence-electron chi connectivity index (χ2n) is 9.32. The Bertz CT molecular complexity index is 1190. The Morgan fingerprint density at radius 2 is 1.38 bits per heavy atom. The molecule has 13 heteroatoms. The fourth-order valence-corrected chi connectivity index (χ4v) is 4.68. The molecule has 2 aliphatic rings. The number of likely N-dealkylation sites (tertiary alicyclic amines) is 1. The molecule has 2 N–H and O–H groups in total. The van der Waals surface area contributed by atoms with Crippen LogP contribution in [0.2, 0.25) is 0 Å². The summed E-state index contributed by atoms with van der Waals surface area (Å²) in [6.45, 7) is 2.46. The zero-order valence-electron chi connectivity index (χ0n) is 20.8. The number of carbonyl (C=O) groups is 3. The van der Waals surface area contributed by atoms with E-state index in [4.69, 9.17) is 4.74 Å². The Hall–Kier alpha value is -3.74. The number of ether oxygens (including phenoxy) is 1. The summed E-state index contributed by atoms with van der Waals surface area (Å²) in [5, 5.41) is 3.94. The molecule has 2 fully saturated rings. The largest absolute Gasteiger partial charge is 0.378 e. The van der Waals surface area contributed by atoms with Gasteiger partial charge in [0.1, 0.15) is 11.7 Å². The molecule has 4 amide bonds. The van der Waals surface area contributed by atoms with Gasteiger partial charge in [0.25, 0.3) is 0 Å². The first kappa shape index (κ1) is 28.3. The second kappa shape index (κ2) is 12.4. The Labute approximate surface area is 221 Å². The van der Waals surface area contributed by atoms with Crippen LogP contribution in [0.1, 0.15) is 18.4 Å². The molecule has 0 aromatic heterocycles. The Kier molecular flexibility index (Phi) is 9.00. The molecule has 2 aliphatic heterocycles. The number of anilines is 1. The van der Waals surface area contributed by atoms with Crippen molar-refractivity contribution in [3.05, 3.63) is 65.0 Å². The summed E-state index contributed by atoms with van der Waals surface area (Å²) < 4.78 is 73.8. The fraction of sp³-hybridized carbons (Fsp3) is 0.423. The quantitative estimate of drug-likeness (QED) is 0.326. The van der Waals surface area contributed by atoms with Crippen LogP contribution in [-0.2, 0) is 20.7 Å². The van der Waals surface area contributed by atoms with Crippen molar-refractivity contribution in [2.45, 2.75) is 25.3 Å². The fourth-order valence-electron chi connectivity index (χ4n) is 4.68. The summed E-state index contributed by atoms with van der Waals surface area (Å²) in [6, 6.07) is 6.04. The van der Waals surface area contributed by atoms with Crippen molar-refractivity contribution in [2.24, 2.45) is 5.92 Å². The number of carbonyl (C=O) groups excluding carboxylic acids is 3. The molecule has 0 saturated carbocycles. The van der Waals surface area contributed by atoms with Gasteiger partial charge in [0.15, 0.2) is 23.3 Å². The highest BCUT2D eigenvalue weighted by Gasteiger charge is 2.34. The van der Waals surface area contributed by atoms with Crippen LogP contribution in [0.15, 0.2) is 30.3 Å². The molecular weight excluding hydrogens is 527 g/mol. The predicted molar refractivity (Wildman–Crippen MR) is 129 cm³/mol. The highest BCUT2D eigenvalue weighted by Crippen LogP contribution is 2.27. The average molecular weight is 555 g/mol. The first-order chi connectivity index (χ1) is 18.7. The van der Waals surface area contributed by atoms with Gasteiger partial charge in [-0.05, 0) is 18.4 Å². The van der Waals surface area contributed by atoms with E-state index in [1.165, 1.54) is 4.90 Å². The Morgan fingerprint density at radius 1 is 0.821 bits per heavy atom. The van der Waals surface area contributed by atoms with Gasteiger partial charge in [-0.15, -0.1) is 0 Å². The maximum absolute atomic E-state index is 14.1. The number of nitrogens with one attached hydrogen (secondary N) is 2. The minimum absolute atomic E-state index is 0.00314. The second-order valence-corrected chi connectivity index (χ2v) is 9.32. The lowest BCUT2D eigenvalue weighted by Crippen LogP contribution is -2.54. The minimum Gasteiger partial charge on any atom is -0.378 e. The van der Waals surface area contributed by atoms with Crippen molar-refractivity contribution >= 4 is 23.5 Å². The van der Waals surface area contributed by atoms with Gasteiger partial charge in [-0.3, -0.25) is 9.59 Å². The van der Waals surface area contributed by atoms with Gasteiger partial charge in [0.05, 0.1) is 13.2 Å². The molecule has 0 aliphatic carbocycles. The van der Waals surface area contributed by atoms with Crippen LogP contribution < -0.4 is 10.6 Å². The summed E-state index contributed by atoms with van der Waals surface area (Å²) in [5.41, 5.74) is -0.873. The number of benzene rings is 2. The SMILES string of the molecule is O=C(Nc1c(F)c(F)c(F)c(F)c1F)N[C@H](Cc1ccccc1)C(=O)N1CCC(C(=O)N2CCOCC2)CC1. The van der Waals surface area contributed by atoms with Crippen LogP contribution in [0, 0.1) is 35.0 Å². The third kappa shape index (κ3) is 6.47. The van der Waals surface area contributed by atoms with E-state index in [-0.39, 0.29) is 31.3 Å². The number of amides is 4. The van der Waals surface area contributed by atoms with Crippen LogP contribution in [-0.4, -0.2) is 73.1 Å². The maximum Gasteiger partial charge on any atom is 0.320 e. The van der Waals surface area contributed by atoms with E-state index in [1.807, 2.05) is 0 Å². The van der Waals surface area contributed by atoms with E-state index >= 15 is 0 Å². The Morgan fingerprint density at radius 3 is 1.97 bits per heavy atom. The van der Waals surface area contributed by atoms with Crippen molar-refractivity contribution in [1.82, 2.24) is 15.1 Å². The van der Waals surface area contributed by atoms with Gasteiger partial charge in [-0.1, -0.05) is 30.3 Å². The molecule has 0 radical (unpaired) electrons. The van der Waals surface area contributed by atoms with Crippen LogP contribution in [0.4, 0.5) is 32.4 Å². The standard InChI is InChI=1S/C26H27F5N4O4/c27-18-19(28)21(30)23(22(31)20(18)29)33-26(38)32-17(14-15-4-2-1-3-5-15)25(37)34-8-6-16(7-9-34)24(36)35-10-12-39-13-11-35/h1-5,16-17H,6-14H2,(H2,32,33,38)/t17-/m1/s1.